The van der Waals surface area contributed by atoms with Crippen molar-refractivity contribution < 1.29 is 20.1 Å². The van der Waals surface area contributed by atoms with Crippen LogP contribution < -0.4 is 0 Å². The summed E-state index contributed by atoms with van der Waals surface area (Å²) in [6.07, 6.45) is 9.97. The van der Waals surface area contributed by atoms with Gasteiger partial charge in [-0.15, -0.1) is 0 Å². The summed E-state index contributed by atoms with van der Waals surface area (Å²) in [4.78, 5) is 9.25. The van der Waals surface area contributed by atoms with E-state index in [0.29, 0.717) is 6.61 Å². The number of aliphatic hydroxyl groups is 2. The van der Waals surface area contributed by atoms with Crippen molar-refractivity contribution in [2.75, 3.05) is 6.61 Å². The molecule has 0 saturated carbocycles. The molecule has 3 N–H and O–H groups in total. The van der Waals surface area contributed by atoms with E-state index in [-0.39, 0.29) is 0 Å². The highest BCUT2D eigenvalue weighted by atomic mass is 16.4. The van der Waals surface area contributed by atoms with Gasteiger partial charge < -0.3 is 15.3 Å². The van der Waals surface area contributed by atoms with Gasteiger partial charge in [0.15, 0.2) is 0 Å². The molecule has 0 aliphatic heterocycles. The van der Waals surface area contributed by atoms with Crippen molar-refractivity contribution in [3.63, 3.8) is 0 Å². The lowest BCUT2D eigenvalue weighted by atomic mass is 10.00. The maximum absolute atomic E-state index is 9.46. The minimum absolute atomic E-state index is 0.332. The molecule has 0 aliphatic carbocycles. The standard InChI is InChI=1S/C12H26O2.C3H4O2/c1-12(2,14)10-8-6-4-3-5-7-9-11-13;1-2-3(4)5/h13-14H,3-11H2,1-2H3;2H,1H2,(H,4,5). The van der Waals surface area contributed by atoms with Crippen LogP contribution in [-0.2, 0) is 4.79 Å². The van der Waals surface area contributed by atoms with Gasteiger partial charge in [-0.25, -0.2) is 4.79 Å². The Morgan fingerprint density at radius 3 is 1.74 bits per heavy atom. The Morgan fingerprint density at radius 1 is 1.05 bits per heavy atom. The van der Waals surface area contributed by atoms with Crippen LogP contribution in [0.4, 0.5) is 0 Å². The molecule has 0 aromatic rings. The van der Waals surface area contributed by atoms with Gasteiger partial charge in [0, 0.05) is 12.7 Å². The number of carboxylic acid groups (broad SMARTS) is 1. The number of aliphatic hydroxyl groups excluding tert-OH is 1. The van der Waals surface area contributed by atoms with Crippen molar-refractivity contribution in [2.24, 2.45) is 0 Å². The highest BCUT2D eigenvalue weighted by molar-refractivity contribution is 5.78. The van der Waals surface area contributed by atoms with E-state index in [1.54, 1.807) is 0 Å². The van der Waals surface area contributed by atoms with Crippen molar-refractivity contribution >= 4 is 5.97 Å². The van der Waals surface area contributed by atoms with Gasteiger partial charge in [0.25, 0.3) is 0 Å². The van der Waals surface area contributed by atoms with Crippen LogP contribution in [0.2, 0.25) is 0 Å². The van der Waals surface area contributed by atoms with Crippen molar-refractivity contribution in [2.45, 2.75) is 70.8 Å². The highest BCUT2D eigenvalue weighted by Gasteiger charge is 2.10. The number of unbranched alkanes of at least 4 members (excludes halogenated alkanes) is 6. The van der Waals surface area contributed by atoms with Crippen LogP contribution in [0.3, 0.4) is 0 Å². The molecule has 0 fully saturated rings. The van der Waals surface area contributed by atoms with Gasteiger partial charge in [-0.2, -0.15) is 0 Å². The van der Waals surface area contributed by atoms with Crippen LogP contribution in [0.15, 0.2) is 12.7 Å². The van der Waals surface area contributed by atoms with Gasteiger partial charge in [-0.05, 0) is 26.7 Å². The zero-order valence-electron chi connectivity index (χ0n) is 12.4. The van der Waals surface area contributed by atoms with Crippen LogP contribution in [0.5, 0.6) is 0 Å². The molecule has 0 bridgehead atoms. The minimum Gasteiger partial charge on any atom is -0.478 e. The fourth-order valence-corrected chi connectivity index (χ4v) is 1.55. The molecule has 0 spiro atoms. The summed E-state index contributed by atoms with van der Waals surface area (Å²) in [6.45, 7) is 7.03. The summed E-state index contributed by atoms with van der Waals surface area (Å²) in [5, 5.41) is 25.6. The lowest BCUT2D eigenvalue weighted by Crippen LogP contribution is -2.17. The smallest absolute Gasteiger partial charge is 0.327 e. The van der Waals surface area contributed by atoms with Crippen LogP contribution >= 0.6 is 0 Å². The topological polar surface area (TPSA) is 77.8 Å². The fourth-order valence-electron chi connectivity index (χ4n) is 1.55. The third kappa shape index (κ3) is 26.7. The van der Waals surface area contributed by atoms with Gasteiger partial charge >= 0.3 is 5.97 Å². The van der Waals surface area contributed by atoms with Crippen molar-refractivity contribution in [3.05, 3.63) is 12.7 Å². The number of aliphatic carboxylic acids is 1. The van der Waals surface area contributed by atoms with Crippen molar-refractivity contribution in [3.8, 4) is 0 Å². The third-order valence-corrected chi connectivity index (χ3v) is 2.62. The highest BCUT2D eigenvalue weighted by Crippen LogP contribution is 2.14. The molecular weight excluding hydrogens is 244 g/mol. The molecule has 0 radical (unpaired) electrons. The average molecular weight is 274 g/mol. The summed E-state index contributed by atoms with van der Waals surface area (Å²) >= 11 is 0. The molecule has 0 rings (SSSR count). The van der Waals surface area contributed by atoms with E-state index < -0.39 is 11.6 Å². The number of hydrogen-bond acceptors (Lipinski definition) is 3. The summed E-state index contributed by atoms with van der Waals surface area (Å²) in [5.74, 6) is -0.981. The first-order valence-corrected chi connectivity index (χ1v) is 7.02. The molecule has 19 heavy (non-hydrogen) atoms. The summed E-state index contributed by atoms with van der Waals surface area (Å²) in [5.41, 5.74) is -0.489. The van der Waals surface area contributed by atoms with Gasteiger partial charge in [-0.3, -0.25) is 0 Å². The number of hydrogen-bond donors (Lipinski definition) is 3. The maximum Gasteiger partial charge on any atom is 0.327 e. The van der Waals surface area contributed by atoms with Crippen molar-refractivity contribution in [1.82, 2.24) is 0 Å². The molecular formula is C15H30O4. The molecule has 0 aliphatic rings. The van der Waals surface area contributed by atoms with E-state index in [1.165, 1.54) is 25.7 Å². The number of carbonyl (C=O) groups is 1. The second-order valence-corrected chi connectivity index (χ2v) is 5.30. The molecule has 4 heteroatoms. The van der Waals surface area contributed by atoms with E-state index in [2.05, 4.69) is 6.58 Å². The maximum atomic E-state index is 9.46. The first kappa shape index (κ1) is 20.4. The average Bonchev–Trinajstić information content (AvgIpc) is 2.32. The Bertz CT molecular complexity index is 219. The molecule has 4 nitrogen and oxygen atoms in total. The van der Waals surface area contributed by atoms with Gasteiger partial charge in [0.2, 0.25) is 0 Å². The number of rotatable bonds is 10. The van der Waals surface area contributed by atoms with E-state index >= 15 is 0 Å². The molecule has 0 aromatic carbocycles. The van der Waals surface area contributed by atoms with Gasteiger partial charge in [0.1, 0.15) is 0 Å². The Labute approximate surface area is 117 Å². The lowest BCUT2D eigenvalue weighted by molar-refractivity contribution is -0.131. The molecule has 0 amide bonds. The predicted octanol–water partition coefficient (Wildman–Crippen LogP) is 3.13. The second-order valence-electron chi connectivity index (χ2n) is 5.30. The summed E-state index contributed by atoms with van der Waals surface area (Å²) < 4.78 is 0. The van der Waals surface area contributed by atoms with E-state index in [1.807, 2.05) is 13.8 Å². The minimum atomic E-state index is -0.981. The zero-order valence-corrected chi connectivity index (χ0v) is 12.4. The van der Waals surface area contributed by atoms with E-state index in [0.717, 1.165) is 31.8 Å². The Balaban J connectivity index is 0. The normalized spacial score (nSPS) is 10.5. The van der Waals surface area contributed by atoms with Crippen LogP contribution in [0.1, 0.15) is 65.2 Å². The summed E-state index contributed by atoms with van der Waals surface area (Å²) in [7, 11) is 0. The van der Waals surface area contributed by atoms with Crippen molar-refractivity contribution in [1.29, 1.82) is 0 Å². The van der Waals surface area contributed by atoms with Crippen LogP contribution in [0.25, 0.3) is 0 Å². The molecule has 0 saturated heterocycles. The van der Waals surface area contributed by atoms with E-state index in [4.69, 9.17) is 10.2 Å². The number of carboxylic acids is 1. The Kier molecular flexibility index (Phi) is 14.6. The molecule has 0 aromatic heterocycles. The largest absolute Gasteiger partial charge is 0.478 e. The lowest BCUT2D eigenvalue weighted by Gasteiger charge is -2.16. The Hall–Kier alpha value is -0.870. The monoisotopic (exact) mass is 274 g/mol. The third-order valence-electron chi connectivity index (χ3n) is 2.62. The quantitative estimate of drug-likeness (QED) is 0.422. The Morgan fingerprint density at radius 2 is 1.42 bits per heavy atom. The van der Waals surface area contributed by atoms with Gasteiger partial charge in [-0.1, -0.05) is 45.1 Å². The molecule has 0 atom stereocenters. The predicted molar refractivity (Wildman–Crippen MR) is 78.2 cm³/mol. The SMILES string of the molecule is C=CC(=O)O.CC(C)(O)CCCCCCCCCO. The fraction of sp³-hybridized carbons (Fsp3) is 0.800. The van der Waals surface area contributed by atoms with Crippen LogP contribution in [0, 0.1) is 0 Å². The molecule has 0 unspecified atom stereocenters. The molecule has 0 heterocycles. The summed E-state index contributed by atoms with van der Waals surface area (Å²) in [6, 6.07) is 0. The molecule has 114 valence electrons. The van der Waals surface area contributed by atoms with E-state index in [9.17, 15) is 9.90 Å². The zero-order chi connectivity index (χ0) is 15.1. The van der Waals surface area contributed by atoms with Gasteiger partial charge in [0.05, 0.1) is 5.60 Å². The van der Waals surface area contributed by atoms with Crippen LogP contribution in [-0.4, -0.2) is 33.5 Å². The second kappa shape index (κ2) is 13.6. The first-order chi connectivity index (χ1) is 8.83. The first-order valence-electron chi connectivity index (χ1n) is 7.02.